The highest BCUT2D eigenvalue weighted by Crippen LogP contribution is 2.35. The maximum Gasteiger partial charge on any atom is 0.141 e. The Morgan fingerprint density at radius 1 is 0.808 bits per heavy atom. The second-order valence-corrected chi connectivity index (χ2v) is 7.40. The van der Waals surface area contributed by atoms with Crippen LogP contribution < -0.4 is 14.6 Å². The van der Waals surface area contributed by atoms with Crippen LogP contribution in [0, 0.1) is 0 Å². The van der Waals surface area contributed by atoms with Gasteiger partial charge in [0, 0.05) is 18.6 Å². The standard InChI is InChI=1S/C16H10Cl6O4/c17-7-3-11(21)14(5-9(7)19)25-2-1-13(16(23)24)26-15-6-10(20)8(18)4-12(15)22/h3-6,13H,1-2H2,(H,23,24)/p-1. The normalized spacial score (nSPS) is 11.9. The molecule has 0 saturated heterocycles. The van der Waals surface area contributed by atoms with E-state index in [9.17, 15) is 9.90 Å². The predicted octanol–water partition coefficient (Wildman–Crippen LogP) is 5.57. The van der Waals surface area contributed by atoms with Crippen molar-refractivity contribution < 1.29 is 19.4 Å². The topological polar surface area (TPSA) is 58.6 Å². The molecule has 0 saturated carbocycles. The molecule has 140 valence electrons. The molecule has 0 aliphatic carbocycles. The summed E-state index contributed by atoms with van der Waals surface area (Å²) in [5.74, 6) is -1.13. The van der Waals surface area contributed by atoms with Crippen LogP contribution in [0.3, 0.4) is 0 Å². The molecule has 10 heteroatoms. The van der Waals surface area contributed by atoms with Gasteiger partial charge < -0.3 is 19.4 Å². The lowest BCUT2D eigenvalue weighted by atomic mass is 10.2. The zero-order valence-corrected chi connectivity index (χ0v) is 17.2. The van der Waals surface area contributed by atoms with E-state index < -0.39 is 12.1 Å². The highest BCUT2D eigenvalue weighted by atomic mass is 35.5. The van der Waals surface area contributed by atoms with E-state index in [0.29, 0.717) is 0 Å². The lowest BCUT2D eigenvalue weighted by Gasteiger charge is -2.21. The highest BCUT2D eigenvalue weighted by molar-refractivity contribution is 6.44. The van der Waals surface area contributed by atoms with E-state index in [4.69, 9.17) is 79.1 Å². The van der Waals surface area contributed by atoms with Gasteiger partial charge in [-0.3, -0.25) is 0 Å². The number of rotatable bonds is 7. The van der Waals surface area contributed by atoms with Gasteiger partial charge in [0.05, 0.1) is 42.7 Å². The van der Waals surface area contributed by atoms with Crippen molar-refractivity contribution in [3.63, 3.8) is 0 Å². The largest absolute Gasteiger partial charge is 0.546 e. The number of carbonyl (C=O) groups is 1. The lowest BCUT2D eigenvalue weighted by Crippen LogP contribution is -2.40. The summed E-state index contributed by atoms with van der Waals surface area (Å²) < 4.78 is 10.8. The molecule has 26 heavy (non-hydrogen) atoms. The van der Waals surface area contributed by atoms with Crippen LogP contribution in [0.25, 0.3) is 0 Å². The first-order valence-corrected chi connectivity index (χ1v) is 9.25. The Morgan fingerprint density at radius 3 is 1.81 bits per heavy atom. The van der Waals surface area contributed by atoms with Crippen molar-refractivity contribution in [2.24, 2.45) is 0 Å². The van der Waals surface area contributed by atoms with Crippen molar-refractivity contribution in [3.8, 4) is 11.5 Å². The third-order valence-electron chi connectivity index (χ3n) is 3.12. The van der Waals surface area contributed by atoms with Crippen LogP contribution in [0.15, 0.2) is 24.3 Å². The van der Waals surface area contributed by atoms with Crippen LogP contribution in [-0.2, 0) is 4.79 Å². The molecule has 4 nitrogen and oxygen atoms in total. The number of hydrogen-bond acceptors (Lipinski definition) is 4. The summed E-state index contributed by atoms with van der Waals surface area (Å²) in [7, 11) is 0. The maximum absolute atomic E-state index is 11.3. The van der Waals surface area contributed by atoms with Crippen molar-refractivity contribution >= 4 is 75.6 Å². The Balaban J connectivity index is 2.04. The summed E-state index contributed by atoms with van der Waals surface area (Å²) >= 11 is 35.4. The van der Waals surface area contributed by atoms with E-state index in [1.54, 1.807) is 0 Å². The first-order chi connectivity index (χ1) is 12.2. The van der Waals surface area contributed by atoms with Crippen LogP contribution in [0.2, 0.25) is 30.1 Å². The number of carbonyl (C=O) groups excluding carboxylic acids is 1. The zero-order chi connectivity index (χ0) is 19.4. The van der Waals surface area contributed by atoms with Gasteiger partial charge in [-0.1, -0.05) is 69.6 Å². The van der Waals surface area contributed by atoms with Crippen LogP contribution >= 0.6 is 69.6 Å². The number of aliphatic carboxylic acids is 1. The second-order valence-electron chi connectivity index (χ2n) is 4.96. The van der Waals surface area contributed by atoms with E-state index in [1.165, 1.54) is 24.3 Å². The molecule has 0 aromatic heterocycles. The molecule has 2 aromatic carbocycles. The fraction of sp³-hybridized carbons (Fsp3) is 0.188. The van der Waals surface area contributed by atoms with E-state index in [2.05, 4.69) is 0 Å². The monoisotopic (exact) mass is 475 g/mol. The highest BCUT2D eigenvalue weighted by Gasteiger charge is 2.17. The third kappa shape index (κ3) is 5.62. The molecule has 2 rings (SSSR count). The SMILES string of the molecule is O=C([O-])C(CCOc1cc(Cl)c(Cl)cc1Cl)Oc1cc(Cl)c(Cl)cc1Cl. The smallest absolute Gasteiger partial charge is 0.141 e. The van der Waals surface area contributed by atoms with Crippen LogP contribution in [0.4, 0.5) is 0 Å². The van der Waals surface area contributed by atoms with Gasteiger partial charge >= 0.3 is 0 Å². The first-order valence-electron chi connectivity index (χ1n) is 6.98. The summed E-state index contributed by atoms with van der Waals surface area (Å²) in [4.78, 5) is 11.3. The minimum absolute atomic E-state index is 0.0464. The number of benzene rings is 2. The molecule has 1 unspecified atom stereocenters. The lowest BCUT2D eigenvalue weighted by molar-refractivity contribution is -0.314. The molecule has 0 aliphatic rings. The molecule has 2 aromatic rings. The third-order valence-corrected chi connectivity index (χ3v) is 5.15. The van der Waals surface area contributed by atoms with Crippen molar-refractivity contribution in [2.75, 3.05) is 6.61 Å². The molecular weight excluding hydrogens is 469 g/mol. The summed E-state index contributed by atoms with van der Waals surface area (Å²) in [6.07, 6.45) is -1.40. The number of ether oxygens (including phenoxy) is 2. The molecule has 0 N–H and O–H groups in total. The quantitative estimate of drug-likeness (QED) is 0.489. The van der Waals surface area contributed by atoms with Crippen LogP contribution in [0.1, 0.15) is 6.42 Å². The molecule has 0 bridgehead atoms. The second kappa shape index (κ2) is 9.45. The van der Waals surface area contributed by atoms with Crippen LogP contribution in [-0.4, -0.2) is 18.7 Å². The molecule has 0 spiro atoms. The van der Waals surface area contributed by atoms with Gasteiger partial charge in [-0.05, 0) is 12.1 Å². The van der Waals surface area contributed by atoms with Gasteiger partial charge in [0.15, 0.2) is 0 Å². The minimum atomic E-state index is -1.45. The Bertz CT molecular complexity index is 827. The molecule has 0 fully saturated rings. The molecule has 0 amide bonds. The Hall–Kier alpha value is -0.750. The molecule has 0 radical (unpaired) electrons. The van der Waals surface area contributed by atoms with E-state index in [-0.39, 0.29) is 54.7 Å². The van der Waals surface area contributed by atoms with Crippen molar-refractivity contribution in [1.29, 1.82) is 0 Å². The summed E-state index contributed by atoms with van der Waals surface area (Å²) in [6, 6.07) is 5.51. The van der Waals surface area contributed by atoms with Gasteiger partial charge in [-0.15, -0.1) is 0 Å². The van der Waals surface area contributed by atoms with Gasteiger partial charge in [0.1, 0.15) is 17.6 Å². The molecular formula is C16H9Cl6O4-. The first kappa shape index (κ1) is 21.5. The van der Waals surface area contributed by atoms with Crippen LogP contribution in [0.5, 0.6) is 11.5 Å². The summed E-state index contributed by atoms with van der Waals surface area (Å²) in [5.41, 5.74) is 0. The number of hydrogen-bond donors (Lipinski definition) is 0. The molecule has 0 aliphatic heterocycles. The molecule has 1 atom stereocenters. The maximum atomic E-state index is 11.3. The van der Waals surface area contributed by atoms with Crippen molar-refractivity contribution in [2.45, 2.75) is 12.5 Å². The Kier molecular flexibility index (Phi) is 7.83. The zero-order valence-electron chi connectivity index (χ0n) is 12.7. The number of halogens is 6. The van der Waals surface area contributed by atoms with E-state index in [0.717, 1.165) is 0 Å². The summed E-state index contributed by atoms with van der Waals surface area (Å²) in [5, 5.41) is 12.6. The average Bonchev–Trinajstić information content (AvgIpc) is 2.55. The van der Waals surface area contributed by atoms with Gasteiger partial charge in [0.25, 0.3) is 0 Å². The number of carboxylic acid groups (broad SMARTS) is 1. The fourth-order valence-electron chi connectivity index (χ4n) is 1.86. The van der Waals surface area contributed by atoms with Gasteiger partial charge in [0.2, 0.25) is 0 Å². The average molecular weight is 478 g/mol. The van der Waals surface area contributed by atoms with Crippen molar-refractivity contribution in [1.82, 2.24) is 0 Å². The predicted molar refractivity (Wildman–Crippen MR) is 102 cm³/mol. The van der Waals surface area contributed by atoms with E-state index >= 15 is 0 Å². The van der Waals surface area contributed by atoms with Crippen molar-refractivity contribution in [3.05, 3.63) is 54.4 Å². The summed E-state index contributed by atoms with van der Waals surface area (Å²) in [6.45, 7) is -0.0464. The fourth-order valence-corrected chi connectivity index (χ4v) is 3.04. The van der Waals surface area contributed by atoms with Gasteiger partial charge in [-0.2, -0.15) is 0 Å². The van der Waals surface area contributed by atoms with Gasteiger partial charge in [-0.25, -0.2) is 0 Å². The number of carboxylic acids is 1. The Morgan fingerprint density at radius 2 is 1.27 bits per heavy atom. The Labute approximate surface area is 179 Å². The van der Waals surface area contributed by atoms with E-state index in [1.807, 2.05) is 0 Å². The molecule has 0 heterocycles. The minimum Gasteiger partial charge on any atom is -0.546 e.